The van der Waals surface area contributed by atoms with Gasteiger partial charge in [0.1, 0.15) is 9.96 Å². The second kappa shape index (κ2) is 3.25. The van der Waals surface area contributed by atoms with Crippen molar-refractivity contribution in [3.05, 3.63) is 17.0 Å². The molecule has 1 aromatic rings. The Morgan fingerprint density at radius 3 is 2.75 bits per heavy atom. The summed E-state index contributed by atoms with van der Waals surface area (Å²) in [5.41, 5.74) is 0.718. The van der Waals surface area contributed by atoms with Crippen LogP contribution in [0.25, 0.3) is 0 Å². The number of nitrogens with zero attached hydrogens (tertiary/aromatic N) is 1. The first-order valence-corrected chi connectivity index (χ1v) is 5.75. The monoisotopic (exact) mass is 201 g/mol. The Hall–Kier alpha value is -0.860. The Balaban J connectivity index is 3.17. The Kier molecular flexibility index (Phi) is 2.50. The minimum Gasteiger partial charge on any atom is -0.222 e. The van der Waals surface area contributed by atoms with Gasteiger partial charge in [0, 0.05) is 0 Å². The summed E-state index contributed by atoms with van der Waals surface area (Å²) >= 11 is 1.16. The van der Waals surface area contributed by atoms with Gasteiger partial charge >= 0.3 is 0 Å². The van der Waals surface area contributed by atoms with E-state index in [1.54, 1.807) is 24.4 Å². The van der Waals surface area contributed by atoms with E-state index in [-0.39, 0.29) is 0 Å². The summed E-state index contributed by atoms with van der Waals surface area (Å²) < 4.78 is 22.9. The zero-order valence-electron chi connectivity index (χ0n) is 6.44. The third-order valence-electron chi connectivity index (χ3n) is 1.35. The van der Waals surface area contributed by atoms with Crippen molar-refractivity contribution in [2.24, 2.45) is 0 Å². The highest BCUT2D eigenvalue weighted by Crippen LogP contribution is 2.22. The molecule has 3 nitrogen and oxygen atoms in total. The highest BCUT2D eigenvalue weighted by Gasteiger charge is 2.17. The van der Waals surface area contributed by atoms with Gasteiger partial charge in [-0.15, -0.1) is 11.3 Å². The van der Waals surface area contributed by atoms with Crippen LogP contribution < -0.4 is 0 Å². The molecule has 64 valence electrons. The molecule has 0 saturated heterocycles. The minimum atomic E-state index is -3.34. The quantitative estimate of drug-likeness (QED) is 0.725. The summed E-state index contributed by atoms with van der Waals surface area (Å²) in [5, 5.41) is 9.97. The van der Waals surface area contributed by atoms with E-state index < -0.39 is 15.6 Å². The first kappa shape index (κ1) is 9.23. The van der Waals surface area contributed by atoms with Crippen LogP contribution in [-0.2, 0) is 9.84 Å². The van der Waals surface area contributed by atoms with Gasteiger partial charge in [0.15, 0.2) is 0 Å². The number of nitriles is 1. The molecule has 0 spiro atoms. The molecule has 0 atom stereocenters. The summed E-state index contributed by atoms with van der Waals surface area (Å²) in [5.74, 6) is -0.436. The predicted octanol–water partition coefficient (Wildman–Crippen LogP) is 1.35. The van der Waals surface area contributed by atoms with Gasteiger partial charge in [-0.25, -0.2) is 8.42 Å². The van der Waals surface area contributed by atoms with Gasteiger partial charge in [-0.05, 0) is 23.9 Å². The van der Waals surface area contributed by atoms with Gasteiger partial charge in [-0.1, -0.05) is 0 Å². The molecule has 0 amide bonds. The second-order valence-corrected chi connectivity index (χ2v) is 5.41. The Morgan fingerprint density at radius 1 is 1.67 bits per heavy atom. The number of sulfone groups is 1. The van der Waals surface area contributed by atoms with Crippen LogP contribution in [0.1, 0.15) is 5.56 Å². The number of thiophene rings is 1. The van der Waals surface area contributed by atoms with E-state index >= 15 is 0 Å². The van der Waals surface area contributed by atoms with Crippen LogP contribution in [0.2, 0.25) is 0 Å². The zero-order valence-corrected chi connectivity index (χ0v) is 8.08. The molecule has 0 radical (unpaired) electrons. The van der Waals surface area contributed by atoms with Crippen molar-refractivity contribution in [2.75, 3.05) is 5.75 Å². The molecule has 0 aliphatic carbocycles. The van der Waals surface area contributed by atoms with Crippen LogP contribution in [0, 0.1) is 18.3 Å². The average molecular weight is 201 g/mol. The predicted molar refractivity (Wildman–Crippen MR) is 46.7 cm³/mol. The van der Waals surface area contributed by atoms with Crippen molar-refractivity contribution in [1.82, 2.24) is 0 Å². The summed E-state index contributed by atoms with van der Waals surface area (Å²) in [6.45, 7) is 1.72. The summed E-state index contributed by atoms with van der Waals surface area (Å²) in [7, 11) is -3.34. The van der Waals surface area contributed by atoms with E-state index in [0.717, 1.165) is 16.9 Å². The minimum absolute atomic E-state index is 0.309. The van der Waals surface area contributed by atoms with E-state index in [2.05, 4.69) is 0 Å². The van der Waals surface area contributed by atoms with Crippen molar-refractivity contribution in [1.29, 1.82) is 5.26 Å². The van der Waals surface area contributed by atoms with E-state index in [1.807, 2.05) is 0 Å². The van der Waals surface area contributed by atoms with Crippen LogP contribution in [0.5, 0.6) is 0 Å². The number of hydrogen-bond donors (Lipinski definition) is 0. The zero-order chi connectivity index (χ0) is 9.19. The largest absolute Gasteiger partial charge is 0.222 e. The molecule has 1 rings (SSSR count). The second-order valence-electron chi connectivity index (χ2n) is 2.31. The Morgan fingerprint density at radius 2 is 2.33 bits per heavy atom. The third-order valence-corrected chi connectivity index (χ3v) is 4.61. The SMILES string of the molecule is Cc1ccsc1S(=O)(=O)CC#N. The fourth-order valence-electron chi connectivity index (χ4n) is 0.828. The molecule has 1 heterocycles. The van der Waals surface area contributed by atoms with Crippen LogP contribution >= 0.6 is 11.3 Å². The lowest BCUT2D eigenvalue weighted by Crippen LogP contribution is -2.03. The first-order chi connectivity index (χ1) is 5.58. The lowest BCUT2D eigenvalue weighted by Gasteiger charge is -1.95. The maximum atomic E-state index is 11.3. The molecule has 0 bridgehead atoms. The first-order valence-electron chi connectivity index (χ1n) is 3.22. The summed E-state index contributed by atoms with van der Waals surface area (Å²) in [6, 6.07) is 3.37. The lowest BCUT2D eigenvalue weighted by atomic mass is 10.4. The average Bonchev–Trinajstić information content (AvgIpc) is 2.35. The molecule has 0 fully saturated rings. The maximum Gasteiger partial charge on any atom is 0.201 e. The number of rotatable bonds is 2. The molecule has 5 heteroatoms. The van der Waals surface area contributed by atoms with Gasteiger partial charge in [0.2, 0.25) is 9.84 Å². The van der Waals surface area contributed by atoms with Gasteiger partial charge in [-0.2, -0.15) is 5.26 Å². The van der Waals surface area contributed by atoms with Crippen LogP contribution in [0.3, 0.4) is 0 Å². The molecule has 0 saturated carbocycles. The molecule has 0 aromatic carbocycles. The smallest absolute Gasteiger partial charge is 0.201 e. The van der Waals surface area contributed by atoms with Gasteiger partial charge < -0.3 is 0 Å². The molecule has 0 N–H and O–H groups in total. The molecular weight excluding hydrogens is 194 g/mol. The van der Waals surface area contributed by atoms with E-state index in [1.165, 1.54) is 0 Å². The highest BCUT2D eigenvalue weighted by atomic mass is 32.2. The molecule has 0 aliphatic heterocycles. The molecule has 12 heavy (non-hydrogen) atoms. The summed E-state index contributed by atoms with van der Waals surface area (Å²) in [4.78, 5) is 0. The third kappa shape index (κ3) is 1.65. The molecular formula is C7H7NO2S2. The van der Waals surface area contributed by atoms with Crippen LogP contribution in [0.4, 0.5) is 0 Å². The van der Waals surface area contributed by atoms with Crippen molar-refractivity contribution in [3.8, 4) is 6.07 Å². The Labute approximate surface area is 75.2 Å². The Bertz CT molecular complexity index is 411. The van der Waals surface area contributed by atoms with Crippen molar-refractivity contribution in [2.45, 2.75) is 11.1 Å². The number of aryl methyl sites for hydroxylation is 1. The van der Waals surface area contributed by atoms with E-state index in [0.29, 0.717) is 4.21 Å². The van der Waals surface area contributed by atoms with Crippen LogP contribution in [0.15, 0.2) is 15.7 Å². The van der Waals surface area contributed by atoms with Gasteiger partial charge in [-0.3, -0.25) is 0 Å². The maximum absolute atomic E-state index is 11.3. The standard InChI is InChI=1S/C7H7NO2S2/c1-6-2-4-11-7(6)12(9,10)5-3-8/h2,4H,5H2,1H3. The topological polar surface area (TPSA) is 57.9 Å². The molecule has 1 aromatic heterocycles. The van der Waals surface area contributed by atoms with E-state index in [4.69, 9.17) is 5.26 Å². The van der Waals surface area contributed by atoms with Gasteiger partial charge in [0.05, 0.1) is 6.07 Å². The fraction of sp³-hybridized carbons (Fsp3) is 0.286. The van der Waals surface area contributed by atoms with Crippen molar-refractivity contribution in [3.63, 3.8) is 0 Å². The van der Waals surface area contributed by atoms with Crippen molar-refractivity contribution < 1.29 is 8.42 Å². The molecule has 0 aliphatic rings. The normalized spacial score (nSPS) is 11.0. The number of hydrogen-bond acceptors (Lipinski definition) is 4. The summed E-state index contributed by atoms with van der Waals surface area (Å²) in [6.07, 6.45) is 0. The lowest BCUT2D eigenvalue weighted by molar-refractivity contribution is 0.601. The van der Waals surface area contributed by atoms with E-state index in [9.17, 15) is 8.42 Å². The molecule has 0 unspecified atom stereocenters. The van der Waals surface area contributed by atoms with Gasteiger partial charge in [0.25, 0.3) is 0 Å². The van der Waals surface area contributed by atoms with Crippen LogP contribution in [-0.4, -0.2) is 14.2 Å². The highest BCUT2D eigenvalue weighted by molar-refractivity contribution is 7.93. The fourth-order valence-corrected chi connectivity index (χ4v) is 3.27. The van der Waals surface area contributed by atoms with Crippen molar-refractivity contribution >= 4 is 21.2 Å².